The van der Waals surface area contributed by atoms with Crippen LogP contribution in [-0.2, 0) is 6.54 Å². The molecule has 1 unspecified atom stereocenters. The van der Waals surface area contributed by atoms with Crippen LogP contribution in [0.2, 0.25) is 0 Å². The van der Waals surface area contributed by atoms with Gasteiger partial charge in [-0.1, -0.05) is 25.3 Å². The predicted octanol–water partition coefficient (Wildman–Crippen LogP) is 3.41. The molecule has 0 bridgehead atoms. The first-order valence-corrected chi connectivity index (χ1v) is 9.67. The second-order valence-electron chi connectivity index (χ2n) is 7.64. The maximum Gasteiger partial charge on any atom is 0.130 e. The van der Waals surface area contributed by atoms with E-state index in [4.69, 9.17) is 0 Å². The molecule has 1 atom stereocenters. The topological polar surface area (TPSA) is 26.7 Å². The Morgan fingerprint density at radius 1 is 1.08 bits per heavy atom. The van der Waals surface area contributed by atoms with Gasteiger partial charge in [0.05, 0.1) is 0 Å². The van der Waals surface area contributed by atoms with Crippen LogP contribution in [0.4, 0.5) is 8.78 Å². The molecule has 0 radical (unpaired) electrons. The molecule has 0 aromatic heterocycles. The van der Waals surface area contributed by atoms with Crippen molar-refractivity contribution in [3.8, 4) is 0 Å². The Bertz CT molecular complexity index is 548. The Labute approximate surface area is 149 Å². The molecule has 140 valence electrons. The first-order valence-electron chi connectivity index (χ1n) is 9.67. The third kappa shape index (κ3) is 5.22. The van der Waals surface area contributed by atoms with E-state index in [9.17, 15) is 13.9 Å². The van der Waals surface area contributed by atoms with E-state index in [0.29, 0.717) is 18.2 Å². The Morgan fingerprint density at radius 2 is 1.88 bits per heavy atom. The van der Waals surface area contributed by atoms with Crippen LogP contribution in [0.15, 0.2) is 18.2 Å². The Kier molecular flexibility index (Phi) is 6.79. The van der Waals surface area contributed by atoms with Crippen molar-refractivity contribution < 1.29 is 13.9 Å². The van der Waals surface area contributed by atoms with Crippen LogP contribution in [0.3, 0.4) is 0 Å². The van der Waals surface area contributed by atoms with Gasteiger partial charge < -0.3 is 5.11 Å². The normalized spacial score (nSPS) is 23.9. The van der Waals surface area contributed by atoms with Gasteiger partial charge in [0.25, 0.3) is 0 Å². The van der Waals surface area contributed by atoms with Crippen LogP contribution in [0.25, 0.3) is 0 Å². The van der Waals surface area contributed by atoms with Crippen molar-refractivity contribution in [1.82, 2.24) is 9.80 Å². The first-order chi connectivity index (χ1) is 12.2. The van der Waals surface area contributed by atoms with Gasteiger partial charge in [0.15, 0.2) is 0 Å². The summed E-state index contributed by atoms with van der Waals surface area (Å²) in [6.45, 7) is 4.51. The number of rotatable bonds is 6. The van der Waals surface area contributed by atoms with Crippen LogP contribution in [0, 0.1) is 17.6 Å². The Hall–Kier alpha value is -1.04. The lowest BCUT2D eigenvalue weighted by atomic mass is 9.88. The van der Waals surface area contributed by atoms with Gasteiger partial charge in [-0.05, 0) is 31.2 Å². The average Bonchev–Trinajstić information content (AvgIpc) is 2.61. The second kappa shape index (κ2) is 9.06. The van der Waals surface area contributed by atoms with Crippen molar-refractivity contribution in [3.05, 3.63) is 35.4 Å². The van der Waals surface area contributed by atoms with Crippen LogP contribution < -0.4 is 0 Å². The number of nitrogens with zero attached hydrogens (tertiary/aromatic N) is 2. The SMILES string of the molecule is OCCC1CN(Cc2ccc(F)cc2F)CCN1CC1CCCCC1. The molecule has 1 aliphatic heterocycles. The number of hydrogen-bond donors (Lipinski definition) is 1. The van der Waals surface area contributed by atoms with Gasteiger partial charge in [-0.2, -0.15) is 0 Å². The van der Waals surface area contributed by atoms with Crippen molar-refractivity contribution in [1.29, 1.82) is 0 Å². The fourth-order valence-corrected chi connectivity index (χ4v) is 4.36. The minimum absolute atomic E-state index is 0.185. The molecule has 3 nitrogen and oxygen atoms in total. The average molecular weight is 352 g/mol. The summed E-state index contributed by atoms with van der Waals surface area (Å²) in [5.41, 5.74) is 0.546. The lowest BCUT2D eigenvalue weighted by Gasteiger charge is -2.43. The molecular formula is C20H30F2N2O. The third-order valence-corrected chi connectivity index (χ3v) is 5.78. The minimum atomic E-state index is -0.531. The van der Waals surface area contributed by atoms with E-state index >= 15 is 0 Å². The number of aliphatic hydroxyl groups excluding tert-OH is 1. The van der Waals surface area contributed by atoms with Crippen LogP contribution >= 0.6 is 0 Å². The van der Waals surface area contributed by atoms with E-state index in [1.807, 2.05) is 0 Å². The molecular weight excluding hydrogens is 322 g/mol. The fraction of sp³-hybridized carbons (Fsp3) is 0.700. The standard InChI is InChI=1S/C20H30F2N2O/c21-18-7-6-17(20(22)12-18)14-23-9-10-24(19(15-23)8-11-25)13-16-4-2-1-3-5-16/h6-7,12,16,19,25H,1-5,8-11,13-15H2. The van der Waals surface area contributed by atoms with E-state index in [-0.39, 0.29) is 6.61 Å². The highest BCUT2D eigenvalue weighted by Crippen LogP contribution is 2.26. The van der Waals surface area contributed by atoms with E-state index in [1.165, 1.54) is 38.2 Å². The maximum atomic E-state index is 13.9. The van der Waals surface area contributed by atoms with Gasteiger partial charge in [0.1, 0.15) is 11.6 Å². The smallest absolute Gasteiger partial charge is 0.130 e. The van der Waals surface area contributed by atoms with Crippen molar-refractivity contribution in [2.45, 2.75) is 51.1 Å². The Balaban J connectivity index is 1.58. The molecule has 1 aromatic rings. The van der Waals surface area contributed by atoms with Crippen LogP contribution in [0.1, 0.15) is 44.1 Å². The first kappa shape index (κ1) is 18.7. The highest BCUT2D eigenvalue weighted by Gasteiger charge is 2.29. The van der Waals surface area contributed by atoms with Crippen molar-refractivity contribution in [2.75, 3.05) is 32.8 Å². The molecule has 5 heteroatoms. The van der Waals surface area contributed by atoms with Gasteiger partial charge in [-0.15, -0.1) is 0 Å². The summed E-state index contributed by atoms with van der Waals surface area (Å²) in [6.07, 6.45) is 7.47. The lowest BCUT2D eigenvalue weighted by molar-refractivity contribution is 0.0396. The molecule has 0 spiro atoms. The summed E-state index contributed by atoms with van der Waals surface area (Å²) in [5, 5.41) is 9.45. The van der Waals surface area contributed by atoms with Crippen LogP contribution in [0.5, 0.6) is 0 Å². The molecule has 2 aliphatic rings. The summed E-state index contributed by atoms with van der Waals surface area (Å²) in [5.74, 6) is -0.212. The number of hydrogen-bond acceptors (Lipinski definition) is 3. The monoisotopic (exact) mass is 352 g/mol. The van der Waals surface area contributed by atoms with E-state index < -0.39 is 11.6 Å². The zero-order chi connectivity index (χ0) is 17.6. The van der Waals surface area contributed by atoms with E-state index in [1.54, 1.807) is 6.07 Å². The zero-order valence-electron chi connectivity index (χ0n) is 15.0. The second-order valence-corrected chi connectivity index (χ2v) is 7.64. The minimum Gasteiger partial charge on any atom is -0.396 e. The summed E-state index contributed by atoms with van der Waals surface area (Å²) < 4.78 is 27.0. The molecule has 1 saturated carbocycles. The summed E-state index contributed by atoms with van der Waals surface area (Å²) in [7, 11) is 0. The molecule has 1 heterocycles. The molecule has 2 fully saturated rings. The number of benzene rings is 1. The predicted molar refractivity (Wildman–Crippen MR) is 95.3 cm³/mol. The van der Waals surface area contributed by atoms with Gasteiger partial charge >= 0.3 is 0 Å². The van der Waals surface area contributed by atoms with Gasteiger partial charge in [-0.3, -0.25) is 9.80 Å². The molecule has 3 rings (SSSR count). The van der Waals surface area contributed by atoms with Crippen molar-refractivity contribution in [3.63, 3.8) is 0 Å². The molecule has 1 N–H and O–H groups in total. The van der Waals surface area contributed by atoms with Gasteiger partial charge in [0.2, 0.25) is 0 Å². The summed E-state index contributed by atoms with van der Waals surface area (Å²) in [6, 6.07) is 4.15. The maximum absolute atomic E-state index is 13.9. The third-order valence-electron chi connectivity index (χ3n) is 5.78. The number of aliphatic hydroxyl groups is 1. The highest BCUT2D eigenvalue weighted by molar-refractivity contribution is 5.18. The molecule has 1 saturated heterocycles. The molecule has 1 aromatic carbocycles. The fourth-order valence-electron chi connectivity index (χ4n) is 4.36. The molecule has 25 heavy (non-hydrogen) atoms. The number of halogens is 2. The number of piperazine rings is 1. The molecule has 1 aliphatic carbocycles. The van der Waals surface area contributed by atoms with Gasteiger partial charge in [-0.25, -0.2) is 8.78 Å². The quantitative estimate of drug-likeness (QED) is 0.850. The lowest BCUT2D eigenvalue weighted by Crippen LogP contribution is -2.54. The van der Waals surface area contributed by atoms with Crippen molar-refractivity contribution >= 4 is 0 Å². The zero-order valence-corrected chi connectivity index (χ0v) is 15.0. The Morgan fingerprint density at radius 3 is 2.60 bits per heavy atom. The highest BCUT2D eigenvalue weighted by atomic mass is 19.1. The molecule has 0 amide bonds. The van der Waals surface area contributed by atoms with E-state index in [0.717, 1.165) is 44.6 Å². The largest absolute Gasteiger partial charge is 0.396 e. The van der Waals surface area contributed by atoms with Crippen molar-refractivity contribution in [2.24, 2.45) is 5.92 Å². The summed E-state index contributed by atoms with van der Waals surface area (Å²) >= 11 is 0. The van der Waals surface area contributed by atoms with E-state index in [2.05, 4.69) is 9.80 Å². The van der Waals surface area contributed by atoms with Crippen LogP contribution in [-0.4, -0.2) is 53.7 Å². The van der Waals surface area contributed by atoms with Gasteiger partial charge in [0, 0.05) is 57.0 Å². The summed E-state index contributed by atoms with van der Waals surface area (Å²) in [4.78, 5) is 4.76.